The topological polar surface area (TPSA) is 81.7 Å². The summed E-state index contributed by atoms with van der Waals surface area (Å²) in [4.78, 5) is 12.3. The Kier molecular flexibility index (Phi) is 6.72. The molecule has 0 saturated carbocycles. The van der Waals surface area contributed by atoms with Crippen LogP contribution >= 0.6 is 0 Å². The van der Waals surface area contributed by atoms with E-state index in [0.717, 1.165) is 0 Å². The molecule has 8 nitrogen and oxygen atoms in total. The summed E-state index contributed by atoms with van der Waals surface area (Å²) in [5.74, 6) is 1.94. The van der Waals surface area contributed by atoms with Crippen molar-refractivity contribution in [3.05, 3.63) is 35.9 Å². The Morgan fingerprint density at radius 1 is 0.750 bits per heavy atom. The summed E-state index contributed by atoms with van der Waals surface area (Å²) in [6.07, 6.45) is -0.599. The van der Waals surface area contributed by atoms with Crippen LogP contribution in [0.1, 0.15) is 18.6 Å². The Bertz CT molecular complexity index is 1020. The van der Waals surface area contributed by atoms with Gasteiger partial charge < -0.3 is 33.2 Å². The molecule has 2 atom stereocenters. The SMILES string of the molecule is C=C1C(=O)OC(c2cc(OC)c(OC)c(OC)c2-c2cc(OC)c(OC)c(OC)c2)C1C. The quantitative estimate of drug-likeness (QED) is 0.443. The fraction of sp³-hybridized carbons (Fsp3) is 0.375. The second kappa shape index (κ2) is 9.30. The Hall–Kier alpha value is -3.55. The van der Waals surface area contributed by atoms with Gasteiger partial charge in [0.15, 0.2) is 23.0 Å². The average Bonchev–Trinajstić information content (AvgIpc) is 3.08. The number of esters is 1. The number of carbonyl (C=O) groups excluding carboxylic acids is 1. The van der Waals surface area contributed by atoms with E-state index in [9.17, 15) is 4.79 Å². The fourth-order valence-corrected chi connectivity index (χ4v) is 3.92. The molecule has 1 heterocycles. The number of hydrogen-bond donors (Lipinski definition) is 0. The summed E-state index contributed by atoms with van der Waals surface area (Å²) >= 11 is 0. The van der Waals surface area contributed by atoms with Gasteiger partial charge in [-0.1, -0.05) is 13.5 Å². The monoisotopic (exact) mass is 444 g/mol. The number of carbonyl (C=O) groups is 1. The minimum Gasteiger partial charge on any atom is -0.493 e. The molecule has 1 aliphatic heterocycles. The lowest BCUT2D eigenvalue weighted by Gasteiger charge is -2.24. The second-order valence-electron chi connectivity index (χ2n) is 7.16. The molecule has 0 N–H and O–H groups in total. The van der Waals surface area contributed by atoms with Gasteiger partial charge in [-0.2, -0.15) is 0 Å². The van der Waals surface area contributed by atoms with Gasteiger partial charge in [0, 0.05) is 22.6 Å². The van der Waals surface area contributed by atoms with Crippen LogP contribution in [0.5, 0.6) is 34.5 Å². The molecule has 172 valence electrons. The maximum absolute atomic E-state index is 12.3. The van der Waals surface area contributed by atoms with Gasteiger partial charge in [0.05, 0.1) is 42.7 Å². The highest BCUT2D eigenvalue weighted by Gasteiger charge is 2.40. The molecule has 0 spiro atoms. The number of hydrogen-bond acceptors (Lipinski definition) is 8. The molecule has 0 bridgehead atoms. The maximum atomic E-state index is 12.3. The van der Waals surface area contributed by atoms with E-state index in [0.29, 0.717) is 56.8 Å². The molecule has 2 unspecified atom stereocenters. The number of benzene rings is 2. The number of cyclic esters (lactones) is 1. The van der Waals surface area contributed by atoms with Crippen molar-refractivity contribution < 1.29 is 38.0 Å². The molecule has 1 aliphatic rings. The van der Waals surface area contributed by atoms with Crippen molar-refractivity contribution in [2.45, 2.75) is 13.0 Å². The molecule has 1 saturated heterocycles. The molecule has 3 rings (SSSR count). The summed E-state index contributed by atoms with van der Waals surface area (Å²) in [6.45, 7) is 5.76. The van der Waals surface area contributed by atoms with Crippen LogP contribution in [0.25, 0.3) is 11.1 Å². The van der Waals surface area contributed by atoms with E-state index in [2.05, 4.69) is 6.58 Å². The van der Waals surface area contributed by atoms with Crippen LogP contribution in [0.3, 0.4) is 0 Å². The molecular weight excluding hydrogens is 416 g/mol. The predicted molar refractivity (Wildman–Crippen MR) is 118 cm³/mol. The Labute approximate surface area is 187 Å². The van der Waals surface area contributed by atoms with Crippen LogP contribution in [-0.2, 0) is 9.53 Å². The maximum Gasteiger partial charge on any atom is 0.334 e. The van der Waals surface area contributed by atoms with Gasteiger partial charge in [0.25, 0.3) is 0 Å². The van der Waals surface area contributed by atoms with E-state index in [4.69, 9.17) is 33.2 Å². The first-order valence-corrected chi connectivity index (χ1v) is 9.89. The third kappa shape index (κ3) is 3.66. The summed E-state index contributed by atoms with van der Waals surface area (Å²) in [5.41, 5.74) is 2.41. The first-order valence-electron chi connectivity index (χ1n) is 9.89. The minimum absolute atomic E-state index is 0.258. The first-order chi connectivity index (χ1) is 15.4. The van der Waals surface area contributed by atoms with Crippen molar-refractivity contribution in [2.75, 3.05) is 42.7 Å². The van der Waals surface area contributed by atoms with E-state index >= 15 is 0 Å². The predicted octanol–water partition coefficient (Wildman–Crippen LogP) is 4.20. The molecule has 2 aromatic carbocycles. The molecule has 2 aromatic rings. The Morgan fingerprint density at radius 3 is 1.66 bits per heavy atom. The van der Waals surface area contributed by atoms with E-state index in [1.54, 1.807) is 32.4 Å². The van der Waals surface area contributed by atoms with Gasteiger partial charge in [-0.25, -0.2) is 4.79 Å². The summed E-state index contributed by atoms with van der Waals surface area (Å²) in [5, 5.41) is 0. The molecule has 0 amide bonds. The first kappa shape index (κ1) is 23.1. The fourth-order valence-electron chi connectivity index (χ4n) is 3.92. The van der Waals surface area contributed by atoms with Crippen molar-refractivity contribution in [1.82, 2.24) is 0 Å². The average molecular weight is 444 g/mol. The Morgan fingerprint density at radius 2 is 1.25 bits per heavy atom. The van der Waals surface area contributed by atoms with Gasteiger partial charge in [0.1, 0.15) is 6.10 Å². The van der Waals surface area contributed by atoms with E-state index in [-0.39, 0.29) is 5.92 Å². The number of methoxy groups -OCH3 is 6. The van der Waals surface area contributed by atoms with E-state index in [1.807, 2.05) is 6.92 Å². The van der Waals surface area contributed by atoms with Crippen LogP contribution in [0, 0.1) is 5.92 Å². The molecule has 0 aliphatic carbocycles. The zero-order valence-electron chi connectivity index (χ0n) is 19.4. The van der Waals surface area contributed by atoms with Gasteiger partial charge in [-0.15, -0.1) is 0 Å². The van der Waals surface area contributed by atoms with Gasteiger partial charge >= 0.3 is 5.97 Å². The van der Waals surface area contributed by atoms with Crippen LogP contribution in [-0.4, -0.2) is 48.6 Å². The van der Waals surface area contributed by atoms with Crippen molar-refractivity contribution in [3.63, 3.8) is 0 Å². The van der Waals surface area contributed by atoms with Gasteiger partial charge in [-0.3, -0.25) is 0 Å². The van der Waals surface area contributed by atoms with Crippen molar-refractivity contribution in [3.8, 4) is 45.6 Å². The smallest absolute Gasteiger partial charge is 0.334 e. The van der Waals surface area contributed by atoms with Crippen molar-refractivity contribution in [2.24, 2.45) is 5.92 Å². The summed E-state index contributed by atoms with van der Waals surface area (Å²) < 4.78 is 39.1. The normalized spacial score (nSPS) is 17.6. The second-order valence-corrected chi connectivity index (χ2v) is 7.16. The standard InChI is InChI=1S/C24H28O8/c1-12-13(2)24(25)32-20(12)15-11-18(28-5)22(30-7)23(31-8)19(15)14-9-16(26-3)21(29-6)17(10-14)27-4/h9-12,20H,2H2,1,3-8H3. The highest BCUT2D eigenvalue weighted by Crippen LogP contribution is 2.53. The van der Waals surface area contributed by atoms with Crippen molar-refractivity contribution in [1.29, 1.82) is 0 Å². The van der Waals surface area contributed by atoms with Crippen LogP contribution in [0.15, 0.2) is 30.4 Å². The molecule has 1 fully saturated rings. The van der Waals surface area contributed by atoms with Crippen LogP contribution < -0.4 is 28.4 Å². The molecule has 32 heavy (non-hydrogen) atoms. The van der Waals surface area contributed by atoms with Crippen LogP contribution in [0.4, 0.5) is 0 Å². The largest absolute Gasteiger partial charge is 0.493 e. The highest BCUT2D eigenvalue weighted by molar-refractivity contribution is 5.92. The summed E-state index contributed by atoms with van der Waals surface area (Å²) in [6, 6.07) is 5.38. The molecule has 8 heteroatoms. The molecule has 0 aromatic heterocycles. The highest BCUT2D eigenvalue weighted by atomic mass is 16.6. The lowest BCUT2D eigenvalue weighted by Crippen LogP contribution is -2.09. The third-order valence-electron chi connectivity index (χ3n) is 5.62. The third-order valence-corrected chi connectivity index (χ3v) is 5.62. The molecular formula is C24H28O8. The van der Waals surface area contributed by atoms with E-state index in [1.165, 1.54) is 28.4 Å². The summed E-state index contributed by atoms with van der Waals surface area (Å²) in [7, 11) is 9.21. The van der Waals surface area contributed by atoms with Gasteiger partial charge in [0.2, 0.25) is 11.5 Å². The minimum atomic E-state index is -0.599. The Balaban J connectivity index is 2.41. The number of rotatable bonds is 8. The number of ether oxygens (including phenoxy) is 7. The van der Waals surface area contributed by atoms with Crippen LogP contribution in [0.2, 0.25) is 0 Å². The lowest BCUT2D eigenvalue weighted by molar-refractivity contribution is -0.139. The van der Waals surface area contributed by atoms with Crippen molar-refractivity contribution >= 4 is 5.97 Å². The van der Waals surface area contributed by atoms with E-state index < -0.39 is 12.1 Å². The molecule has 0 radical (unpaired) electrons. The van der Waals surface area contributed by atoms with Gasteiger partial charge in [-0.05, 0) is 23.8 Å². The zero-order valence-corrected chi connectivity index (χ0v) is 19.4. The zero-order chi connectivity index (χ0) is 23.6. The lowest BCUT2D eigenvalue weighted by atomic mass is 9.87.